The maximum Gasteiger partial charge on any atom is 0.251 e. The zero-order valence-corrected chi connectivity index (χ0v) is 12.8. The summed E-state index contributed by atoms with van der Waals surface area (Å²) in [4.78, 5) is 24.2. The predicted octanol–water partition coefficient (Wildman–Crippen LogP) is 2.21. The normalized spacial score (nSPS) is 24.6. The topological polar surface area (TPSA) is 49.3 Å². The average molecular weight is 331 g/mol. The van der Waals surface area contributed by atoms with Crippen molar-refractivity contribution in [3.05, 3.63) is 17.4 Å². The van der Waals surface area contributed by atoms with Crippen LogP contribution in [0.5, 0.6) is 0 Å². The van der Waals surface area contributed by atoms with Crippen molar-refractivity contribution in [3.63, 3.8) is 0 Å². The second kappa shape index (κ2) is 5.95. The molecule has 5 nitrogen and oxygen atoms in total. The lowest BCUT2D eigenvalue weighted by atomic mass is 10.0. The Morgan fingerprint density at radius 2 is 1.86 bits per heavy atom. The molecule has 1 unspecified atom stereocenters. The first kappa shape index (κ1) is 15.4. The summed E-state index contributed by atoms with van der Waals surface area (Å²) in [6.07, 6.45) is 3.25. The van der Waals surface area contributed by atoms with Gasteiger partial charge in [0.05, 0.1) is 23.3 Å². The second-order valence-electron chi connectivity index (χ2n) is 5.81. The number of carbonyl (C=O) groups excluding carboxylic acids is 1. The van der Waals surface area contributed by atoms with Crippen LogP contribution in [-0.2, 0) is 4.79 Å². The third-order valence-corrected chi connectivity index (χ3v) is 4.43. The van der Waals surface area contributed by atoms with Crippen molar-refractivity contribution >= 4 is 23.5 Å². The van der Waals surface area contributed by atoms with Crippen LogP contribution < -0.4 is 4.90 Å². The van der Waals surface area contributed by atoms with Crippen molar-refractivity contribution in [1.82, 2.24) is 14.9 Å². The smallest absolute Gasteiger partial charge is 0.251 e. The SMILES string of the molecule is O=C(C1CCN(c2ncc(Cl)cn2)C1)N1CCC(F)(F)CC1. The molecule has 1 aromatic rings. The summed E-state index contributed by atoms with van der Waals surface area (Å²) in [5, 5.41) is 0.463. The van der Waals surface area contributed by atoms with Crippen LogP contribution in [0.3, 0.4) is 0 Å². The molecule has 0 radical (unpaired) electrons. The van der Waals surface area contributed by atoms with Crippen molar-refractivity contribution in [2.45, 2.75) is 25.2 Å². The molecule has 0 bridgehead atoms. The summed E-state index contributed by atoms with van der Waals surface area (Å²) < 4.78 is 26.3. The summed E-state index contributed by atoms with van der Waals surface area (Å²) in [7, 11) is 0. The second-order valence-corrected chi connectivity index (χ2v) is 6.25. The molecule has 120 valence electrons. The van der Waals surface area contributed by atoms with Gasteiger partial charge in [0.2, 0.25) is 11.9 Å². The number of amides is 1. The molecule has 2 aliphatic rings. The third-order valence-electron chi connectivity index (χ3n) is 4.23. The molecule has 0 aliphatic carbocycles. The first-order valence-corrected chi connectivity index (χ1v) is 7.71. The molecule has 2 aliphatic heterocycles. The van der Waals surface area contributed by atoms with Crippen molar-refractivity contribution in [1.29, 1.82) is 0 Å². The monoisotopic (exact) mass is 330 g/mol. The Kier molecular flexibility index (Phi) is 4.16. The lowest BCUT2D eigenvalue weighted by Gasteiger charge is -2.33. The van der Waals surface area contributed by atoms with Crippen LogP contribution >= 0.6 is 11.6 Å². The van der Waals surface area contributed by atoms with E-state index in [1.807, 2.05) is 4.90 Å². The number of halogens is 3. The van der Waals surface area contributed by atoms with E-state index in [-0.39, 0.29) is 37.8 Å². The lowest BCUT2D eigenvalue weighted by molar-refractivity contribution is -0.140. The Morgan fingerprint density at radius 3 is 2.50 bits per heavy atom. The number of aromatic nitrogens is 2. The molecule has 0 spiro atoms. The highest BCUT2D eigenvalue weighted by Crippen LogP contribution is 2.30. The fourth-order valence-corrected chi connectivity index (χ4v) is 3.02. The van der Waals surface area contributed by atoms with Crippen LogP contribution in [0.25, 0.3) is 0 Å². The minimum absolute atomic E-state index is 0.0352. The zero-order valence-electron chi connectivity index (χ0n) is 12.0. The van der Waals surface area contributed by atoms with Gasteiger partial charge in [-0.3, -0.25) is 4.79 Å². The predicted molar refractivity (Wildman–Crippen MR) is 78.1 cm³/mol. The molecular weight excluding hydrogens is 314 g/mol. The number of likely N-dealkylation sites (tertiary alicyclic amines) is 1. The van der Waals surface area contributed by atoms with E-state index in [2.05, 4.69) is 9.97 Å². The summed E-state index contributed by atoms with van der Waals surface area (Å²) >= 11 is 5.76. The maximum atomic E-state index is 13.2. The van der Waals surface area contributed by atoms with Crippen LogP contribution in [-0.4, -0.2) is 52.9 Å². The van der Waals surface area contributed by atoms with Crippen LogP contribution in [0, 0.1) is 5.92 Å². The number of hydrogen-bond donors (Lipinski definition) is 0. The van der Waals surface area contributed by atoms with E-state index in [1.54, 1.807) is 4.90 Å². The van der Waals surface area contributed by atoms with Crippen LogP contribution in [0.2, 0.25) is 5.02 Å². The van der Waals surface area contributed by atoms with Crippen LogP contribution in [0.4, 0.5) is 14.7 Å². The molecule has 1 atom stereocenters. The van der Waals surface area contributed by atoms with Crippen LogP contribution in [0.1, 0.15) is 19.3 Å². The highest BCUT2D eigenvalue weighted by Gasteiger charge is 2.39. The van der Waals surface area contributed by atoms with Gasteiger partial charge in [-0.2, -0.15) is 0 Å². The van der Waals surface area contributed by atoms with Crippen LogP contribution in [0.15, 0.2) is 12.4 Å². The molecular formula is C14H17ClF2N4O. The first-order chi connectivity index (χ1) is 10.4. The summed E-state index contributed by atoms with van der Waals surface area (Å²) in [5.74, 6) is -2.29. The zero-order chi connectivity index (χ0) is 15.7. The van der Waals surface area contributed by atoms with Gasteiger partial charge in [0, 0.05) is 39.0 Å². The molecule has 8 heteroatoms. The Morgan fingerprint density at radius 1 is 1.23 bits per heavy atom. The largest absolute Gasteiger partial charge is 0.342 e. The van der Waals surface area contributed by atoms with E-state index in [0.717, 1.165) is 0 Å². The molecule has 22 heavy (non-hydrogen) atoms. The van der Waals surface area contributed by atoms with Gasteiger partial charge in [-0.1, -0.05) is 11.6 Å². The molecule has 3 heterocycles. The number of nitrogens with zero attached hydrogens (tertiary/aromatic N) is 4. The van der Waals surface area contributed by atoms with Crippen molar-refractivity contribution < 1.29 is 13.6 Å². The fourth-order valence-electron chi connectivity index (χ4n) is 2.92. The van der Waals surface area contributed by atoms with E-state index in [1.165, 1.54) is 12.4 Å². The number of piperidine rings is 1. The van der Waals surface area contributed by atoms with E-state index < -0.39 is 5.92 Å². The molecule has 0 N–H and O–H groups in total. The highest BCUT2D eigenvalue weighted by atomic mass is 35.5. The Bertz CT molecular complexity index is 544. The van der Waals surface area contributed by atoms with E-state index >= 15 is 0 Å². The van der Waals surface area contributed by atoms with Crippen molar-refractivity contribution in [2.75, 3.05) is 31.1 Å². The standard InChI is InChI=1S/C14H17ClF2N4O/c15-11-7-18-13(19-8-11)21-4-1-10(9-21)12(22)20-5-2-14(16,17)3-6-20/h7-8,10H,1-6,9H2. The molecule has 1 amide bonds. The average Bonchev–Trinajstić information content (AvgIpc) is 2.97. The fraction of sp³-hybridized carbons (Fsp3) is 0.643. The van der Waals surface area contributed by atoms with Gasteiger partial charge < -0.3 is 9.80 Å². The number of hydrogen-bond acceptors (Lipinski definition) is 4. The quantitative estimate of drug-likeness (QED) is 0.834. The van der Waals surface area contributed by atoms with E-state index in [4.69, 9.17) is 11.6 Å². The first-order valence-electron chi connectivity index (χ1n) is 7.34. The van der Waals surface area contributed by atoms with Crippen molar-refractivity contribution in [2.24, 2.45) is 5.92 Å². The van der Waals surface area contributed by atoms with E-state index in [0.29, 0.717) is 30.5 Å². The number of anilines is 1. The summed E-state index contributed by atoms with van der Waals surface area (Å²) in [6.45, 7) is 1.48. The molecule has 0 aromatic carbocycles. The van der Waals surface area contributed by atoms with Gasteiger partial charge in [0.15, 0.2) is 0 Å². The Balaban J connectivity index is 1.58. The summed E-state index contributed by atoms with van der Waals surface area (Å²) in [6, 6.07) is 0. The molecule has 3 rings (SSSR count). The van der Waals surface area contributed by atoms with E-state index in [9.17, 15) is 13.6 Å². The van der Waals surface area contributed by atoms with Gasteiger partial charge in [-0.25, -0.2) is 18.7 Å². The summed E-state index contributed by atoms with van der Waals surface area (Å²) in [5.41, 5.74) is 0. The number of alkyl halides is 2. The molecule has 2 fully saturated rings. The minimum Gasteiger partial charge on any atom is -0.342 e. The molecule has 0 saturated carbocycles. The molecule has 1 aromatic heterocycles. The van der Waals surface area contributed by atoms with Crippen molar-refractivity contribution in [3.8, 4) is 0 Å². The lowest BCUT2D eigenvalue weighted by Crippen LogP contribution is -2.45. The maximum absolute atomic E-state index is 13.2. The van der Waals surface area contributed by atoms with Gasteiger partial charge in [-0.05, 0) is 6.42 Å². The van der Waals surface area contributed by atoms with Gasteiger partial charge >= 0.3 is 0 Å². The highest BCUT2D eigenvalue weighted by molar-refractivity contribution is 6.30. The molecule has 2 saturated heterocycles. The number of carbonyl (C=O) groups is 1. The van der Waals surface area contributed by atoms with Gasteiger partial charge in [-0.15, -0.1) is 0 Å². The Hall–Kier alpha value is -1.50. The van der Waals surface area contributed by atoms with Gasteiger partial charge in [0.25, 0.3) is 5.92 Å². The number of rotatable bonds is 2. The third kappa shape index (κ3) is 3.29. The van der Waals surface area contributed by atoms with Gasteiger partial charge in [0.1, 0.15) is 0 Å². The Labute approximate surface area is 132 Å². The minimum atomic E-state index is -2.63.